The van der Waals surface area contributed by atoms with Gasteiger partial charge in [-0.15, -0.1) is 11.8 Å². The third-order valence-electron chi connectivity index (χ3n) is 3.34. The van der Waals surface area contributed by atoms with Crippen LogP contribution in [0, 0.1) is 0 Å². The maximum Gasteiger partial charge on any atom is 0.251 e. The van der Waals surface area contributed by atoms with Crippen LogP contribution in [0.5, 0.6) is 0 Å². The van der Waals surface area contributed by atoms with Gasteiger partial charge in [-0.05, 0) is 31.0 Å². The molecule has 5 nitrogen and oxygen atoms in total. The summed E-state index contributed by atoms with van der Waals surface area (Å²) in [6.07, 6.45) is 2.13. The predicted octanol–water partition coefficient (Wildman–Crippen LogP) is 1.18. The molecule has 1 saturated heterocycles. The summed E-state index contributed by atoms with van der Waals surface area (Å²) in [5, 5.41) is 8.91. The van der Waals surface area contributed by atoms with Crippen molar-refractivity contribution in [3.8, 4) is 0 Å². The number of nitrogens with one attached hydrogen (secondary N) is 3. The van der Waals surface area contributed by atoms with Crippen molar-refractivity contribution < 1.29 is 9.59 Å². The SMILES string of the molecule is O=C(NC1CC1)c1cccc(NC(=O)C2CSCN2)c1. The maximum atomic E-state index is 12.0. The van der Waals surface area contributed by atoms with Crippen LogP contribution in [0.2, 0.25) is 0 Å². The van der Waals surface area contributed by atoms with Gasteiger partial charge in [0, 0.05) is 28.9 Å². The molecular formula is C14H17N3O2S. The van der Waals surface area contributed by atoms with Crippen molar-refractivity contribution in [2.75, 3.05) is 16.9 Å². The molecular weight excluding hydrogens is 274 g/mol. The highest BCUT2D eigenvalue weighted by Gasteiger charge is 2.24. The monoisotopic (exact) mass is 291 g/mol. The topological polar surface area (TPSA) is 70.2 Å². The van der Waals surface area contributed by atoms with Gasteiger partial charge < -0.3 is 10.6 Å². The Morgan fingerprint density at radius 2 is 2.15 bits per heavy atom. The van der Waals surface area contributed by atoms with Crippen LogP contribution < -0.4 is 16.0 Å². The first kappa shape index (κ1) is 13.5. The molecule has 3 N–H and O–H groups in total. The molecule has 20 heavy (non-hydrogen) atoms. The van der Waals surface area contributed by atoms with Crippen LogP contribution in [0.1, 0.15) is 23.2 Å². The zero-order chi connectivity index (χ0) is 13.9. The molecule has 1 atom stereocenters. The van der Waals surface area contributed by atoms with E-state index in [-0.39, 0.29) is 17.9 Å². The predicted molar refractivity (Wildman–Crippen MR) is 79.8 cm³/mol. The van der Waals surface area contributed by atoms with Gasteiger partial charge in [0.2, 0.25) is 5.91 Å². The first-order valence-electron chi connectivity index (χ1n) is 6.75. The third-order valence-corrected chi connectivity index (χ3v) is 4.28. The van der Waals surface area contributed by atoms with Crippen molar-refractivity contribution in [1.82, 2.24) is 10.6 Å². The van der Waals surface area contributed by atoms with Gasteiger partial charge in [0.25, 0.3) is 5.91 Å². The molecule has 1 saturated carbocycles. The van der Waals surface area contributed by atoms with Gasteiger partial charge in [-0.3, -0.25) is 14.9 Å². The Hall–Kier alpha value is -1.53. The molecule has 3 rings (SSSR count). The highest BCUT2D eigenvalue weighted by Crippen LogP contribution is 2.20. The van der Waals surface area contributed by atoms with E-state index in [0.717, 1.165) is 24.5 Å². The smallest absolute Gasteiger partial charge is 0.251 e. The van der Waals surface area contributed by atoms with E-state index >= 15 is 0 Å². The number of amides is 2. The molecule has 1 aromatic carbocycles. The van der Waals surface area contributed by atoms with Crippen LogP contribution in [0.3, 0.4) is 0 Å². The highest BCUT2D eigenvalue weighted by molar-refractivity contribution is 7.99. The van der Waals surface area contributed by atoms with Crippen LogP contribution in [0.15, 0.2) is 24.3 Å². The molecule has 0 bridgehead atoms. The molecule has 1 aliphatic carbocycles. The van der Waals surface area contributed by atoms with E-state index in [1.54, 1.807) is 36.0 Å². The number of benzene rings is 1. The quantitative estimate of drug-likeness (QED) is 0.779. The van der Waals surface area contributed by atoms with Crippen LogP contribution in [-0.4, -0.2) is 35.5 Å². The van der Waals surface area contributed by atoms with Crippen molar-refractivity contribution in [1.29, 1.82) is 0 Å². The van der Waals surface area contributed by atoms with E-state index < -0.39 is 0 Å². The molecule has 0 radical (unpaired) electrons. The molecule has 106 valence electrons. The van der Waals surface area contributed by atoms with E-state index in [2.05, 4.69) is 16.0 Å². The van der Waals surface area contributed by atoms with Gasteiger partial charge in [0.05, 0.1) is 6.04 Å². The summed E-state index contributed by atoms with van der Waals surface area (Å²) in [4.78, 5) is 23.9. The lowest BCUT2D eigenvalue weighted by Crippen LogP contribution is -2.37. The Morgan fingerprint density at radius 1 is 1.30 bits per heavy atom. The number of thioether (sulfide) groups is 1. The van der Waals surface area contributed by atoms with Crippen molar-refractivity contribution >= 4 is 29.3 Å². The fraction of sp³-hybridized carbons (Fsp3) is 0.429. The molecule has 1 unspecified atom stereocenters. The Morgan fingerprint density at radius 3 is 2.85 bits per heavy atom. The normalized spacial score (nSPS) is 21.5. The number of carbonyl (C=O) groups is 2. The molecule has 2 aliphatic rings. The fourth-order valence-electron chi connectivity index (χ4n) is 2.03. The van der Waals surface area contributed by atoms with Gasteiger partial charge in [-0.1, -0.05) is 6.07 Å². The zero-order valence-electron chi connectivity index (χ0n) is 11.0. The number of anilines is 1. The van der Waals surface area contributed by atoms with Crippen molar-refractivity contribution in [2.24, 2.45) is 0 Å². The van der Waals surface area contributed by atoms with Gasteiger partial charge in [-0.2, -0.15) is 0 Å². The van der Waals surface area contributed by atoms with Crippen LogP contribution >= 0.6 is 11.8 Å². The molecule has 1 aromatic rings. The Bertz CT molecular complexity index is 525. The van der Waals surface area contributed by atoms with E-state index in [9.17, 15) is 9.59 Å². The van der Waals surface area contributed by atoms with E-state index in [0.29, 0.717) is 17.3 Å². The molecule has 0 aromatic heterocycles. The van der Waals surface area contributed by atoms with Crippen molar-refractivity contribution in [3.63, 3.8) is 0 Å². The second-order valence-corrected chi connectivity index (χ2v) is 6.12. The third kappa shape index (κ3) is 3.32. The summed E-state index contributed by atoms with van der Waals surface area (Å²) in [7, 11) is 0. The minimum Gasteiger partial charge on any atom is -0.349 e. The van der Waals surface area contributed by atoms with Gasteiger partial charge in [-0.25, -0.2) is 0 Å². The first-order valence-corrected chi connectivity index (χ1v) is 7.91. The number of hydrogen-bond acceptors (Lipinski definition) is 4. The van der Waals surface area contributed by atoms with Crippen LogP contribution in [-0.2, 0) is 4.79 Å². The summed E-state index contributed by atoms with van der Waals surface area (Å²) in [6, 6.07) is 7.25. The van der Waals surface area contributed by atoms with Crippen LogP contribution in [0.25, 0.3) is 0 Å². The zero-order valence-corrected chi connectivity index (χ0v) is 11.8. The summed E-state index contributed by atoms with van der Waals surface area (Å²) >= 11 is 1.71. The molecule has 0 spiro atoms. The number of rotatable bonds is 4. The lowest BCUT2D eigenvalue weighted by Gasteiger charge is -2.11. The Labute approximate surface area is 121 Å². The van der Waals surface area contributed by atoms with Gasteiger partial charge in [0.15, 0.2) is 0 Å². The van der Waals surface area contributed by atoms with E-state index in [1.807, 2.05) is 0 Å². The lowest BCUT2D eigenvalue weighted by molar-refractivity contribution is -0.117. The average molecular weight is 291 g/mol. The average Bonchev–Trinajstić information content (AvgIpc) is 3.08. The fourth-order valence-corrected chi connectivity index (χ4v) is 2.97. The van der Waals surface area contributed by atoms with E-state index in [1.165, 1.54) is 0 Å². The Balaban J connectivity index is 1.63. The molecule has 2 amide bonds. The van der Waals surface area contributed by atoms with Gasteiger partial charge in [0.1, 0.15) is 0 Å². The van der Waals surface area contributed by atoms with Crippen LogP contribution in [0.4, 0.5) is 5.69 Å². The molecule has 1 aliphatic heterocycles. The summed E-state index contributed by atoms with van der Waals surface area (Å²) in [5.74, 6) is 1.48. The summed E-state index contributed by atoms with van der Waals surface area (Å²) in [5.41, 5.74) is 1.25. The highest BCUT2D eigenvalue weighted by atomic mass is 32.2. The molecule has 6 heteroatoms. The Kier molecular flexibility index (Phi) is 3.93. The minimum atomic E-state index is -0.149. The lowest BCUT2D eigenvalue weighted by atomic mass is 10.2. The summed E-state index contributed by atoms with van der Waals surface area (Å²) < 4.78 is 0. The molecule has 1 heterocycles. The second-order valence-electron chi connectivity index (χ2n) is 5.09. The standard InChI is InChI=1S/C14H17N3O2S/c18-13(16-10-4-5-10)9-2-1-3-11(6-9)17-14(19)12-7-20-8-15-12/h1-3,6,10,12,15H,4-5,7-8H2,(H,16,18)(H,17,19). The second kappa shape index (κ2) is 5.85. The number of carbonyl (C=O) groups excluding carboxylic acids is 2. The minimum absolute atomic E-state index is 0.0465. The van der Waals surface area contributed by atoms with Crippen molar-refractivity contribution in [3.05, 3.63) is 29.8 Å². The van der Waals surface area contributed by atoms with E-state index in [4.69, 9.17) is 0 Å². The first-order chi connectivity index (χ1) is 9.72. The van der Waals surface area contributed by atoms with Crippen molar-refractivity contribution in [2.45, 2.75) is 24.9 Å². The number of hydrogen-bond donors (Lipinski definition) is 3. The van der Waals surface area contributed by atoms with Gasteiger partial charge >= 0.3 is 0 Å². The maximum absolute atomic E-state index is 12.0. The largest absolute Gasteiger partial charge is 0.349 e. The molecule has 2 fully saturated rings. The summed E-state index contributed by atoms with van der Waals surface area (Å²) in [6.45, 7) is 0.